The van der Waals surface area contributed by atoms with Gasteiger partial charge in [0, 0.05) is 29.1 Å². The lowest BCUT2D eigenvalue weighted by atomic mass is 9.89. The maximum atomic E-state index is 12.4. The van der Waals surface area contributed by atoms with Gasteiger partial charge < -0.3 is 10.1 Å². The second kappa shape index (κ2) is 7.52. The highest BCUT2D eigenvalue weighted by Crippen LogP contribution is 2.39. The molecule has 1 amide bonds. The molecule has 0 saturated carbocycles. The summed E-state index contributed by atoms with van der Waals surface area (Å²) in [5, 5.41) is 3.21. The fourth-order valence-corrected chi connectivity index (χ4v) is 4.02. The van der Waals surface area contributed by atoms with Crippen molar-refractivity contribution in [3.63, 3.8) is 0 Å². The van der Waals surface area contributed by atoms with Crippen molar-refractivity contribution in [2.45, 2.75) is 50.2 Å². The van der Waals surface area contributed by atoms with Crippen molar-refractivity contribution in [2.24, 2.45) is 0 Å². The van der Waals surface area contributed by atoms with Crippen LogP contribution in [0.3, 0.4) is 0 Å². The van der Waals surface area contributed by atoms with Gasteiger partial charge in [0.1, 0.15) is 11.4 Å². The van der Waals surface area contributed by atoms with Crippen LogP contribution in [0.15, 0.2) is 53.4 Å². The fourth-order valence-electron chi connectivity index (χ4n) is 3.15. The molecule has 1 N–H and O–H groups in total. The van der Waals surface area contributed by atoms with Crippen molar-refractivity contribution in [1.29, 1.82) is 0 Å². The number of thioether (sulfide) groups is 1. The van der Waals surface area contributed by atoms with Crippen molar-refractivity contribution in [3.05, 3.63) is 59.7 Å². The minimum absolute atomic E-state index is 0.00729. The van der Waals surface area contributed by atoms with Gasteiger partial charge in [-0.25, -0.2) is 0 Å². The van der Waals surface area contributed by atoms with Crippen LogP contribution in [0, 0.1) is 6.92 Å². The molecular formula is C21H25NO2S. The molecule has 2 aromatic rings. The van der Waals surface area contributed by atoms with E-state index in [9.17, 15) is 4.79 Å². The zero-order valence-electron chi connectivity index (χ0n) is 15.0. The largest absolute Gasteiger partial charge is 0.487 e. The summed E-state index contributed by atoms with van der Waals surface area (Å²) in [6.45, 7) is 6.20. The molecular weight excluding hydrogens is 330 g/mol. The van der Waals surface area contributed by atoms with Crippen LogP contribution in [0.1, 0.15) is 43.9 Å². The average Bonchev–Trinajstić information content (AvgIpc) is 2.56. The van der Waals surface area contributed by atoms with Gasteiger partial charge in [-0.1, -0.05) is 35.9 Å². The number of carbonyl (C=O) groups excluding carboxylic acids is 1. The van der Waals surface area contributed by atoms with Crippen LogP contribution < -0.4 is 10.1 Å². The Hall–Kier alpha value is -1.94. The Kier molecular flexibility index (Phi) is 5.38. The molecule has 0 radical (unpaired) electrons. The van der Waals surface area contributed by atoms with Gasteiger partial charge in [0.05, 0.1) is 6.04 Å². The lowest BCUT2D eigenvalue weighted by molar-refractivity contribution is -0.121. The van der Waals surface area contributed by atoms with Crippen LogP contribution in [0.2, 0.25) is 0 Å². The number of hydrogen-bond acceptors (Lipinski definition) is 3. The number of amides is 1. The van der Waals surface area contributed by atoms with E-state index in [0.717, 1.165) is 23.5 Å². The molecule has 1 heterocycles. The zero-order chi connectivity index (χ0) is 17.9. The van der Waals surface area contributed by atoms with Gasteiger partial charge in [-0.05, 0) is 39.0 Å². The molecule has 0 spiro atoms. The van der Waals surface area contributed by atoms with E-state index in [-0.39, 0.29) is 17.6 Å². The highest BCUT2D eigenvalue weighted by Gasteiger charge is 2.34. The summed E-state index contributed by atoms with van der Waals surface area (Å²) in [5.41, 5.74) is 1.99. The first kappa shape index (κ1) is 17.9. The summed E-state index contributed by atoms with van der Waals surface area (Å²) in [7, 11) is 0. The standard InChI is InChI=1S/C21H25NO2S/c1-15-9-10-19-17(13-15)18(14-21(2,3)24-19)22-20(23)11-12-25-16-7-5-4-6-8-16/h4-10,13,18H,11-12,14H2,1-3H3,(H,22,23)/t18-/m1/s1. The van der Waals surface area contributed by atoms with E-state index >= 15 is 0 Å². The van der Waals surface area contributed by atoms with Gasteiger partial charge >= 0.3 is 0 Å². The highest BCUT2D eigenvalue weighted by atomic mass is 32.2. The Morgan fingerprint density at radius 1 is 1.24 bits per heavy atom. The number of rotatable bonds is 5. The lowest BCUT2D eigenvalue weighted by Gasteiger charge is -2.38. The first-order valence-electron chi connectivity index (χ1n) is 8.70. The van der Waals surface area contributed by atoms with E-state index in [4.69, 9.17) is 4.74 Å². The van der Waals surface area contributed by atoms with E-state index in [2.05, 4.69) is 50.4 Å². The number of benzene rings is 2. The van der Waals surface area contributed by atoms with E-state index in [1.54, 1.807) is 11.8 Å². The summed E-state index contributed by atoms with van der Waals surface area (Å²) in [4.78, 5) is 13.6. The molecule has 0 bridgehead atoms. The topological polar surface area (TPSA) is 38.3 Å². The van der Waals surface area contributed by atoms with Crippen LogP contribution >= 0.6 is 11.8 Å². The van der Waals surface area contributed by atoms with Gasteiger partial charge in [0.15, 0.2) is 0 Å². The van der Waals surface area contributed by atoms with Crippen molar-refractivity contribution >= 4 is 17.7 Å². The number of carbonyl (C=O) groups is 1. The Labute approximate surface area is 154 Å². The number of hydrogen-bond donors (Lipinski definition) is 1. The van der Waals surface area contributed by atoms with Crippen molar-refractivity contribution < 1.29 is 9.53 Å². The molecule has 0 saturated heterocycles. The third-order valence-corrected chi connectivity index (χ3v) is 5.31. The first-order chi connectivity index (χ1) is 11.9. The molecule has 1 aliphatic rings. The summed E-state index contributed by atoms with van der Waals surface area (Å²) in [6.07, 6.45) is 1.29. The van der Waals surface area contributed by atoms with Gasteiger partial charge in [-0.3, -0.25) is 4.79 Å². The van der Waals surface area contributed by atoms with E-state index < -0.39 is 0 Å². The molecule has 1 atom stereocenters. The lowest BCUT2D eigenvalue weighted by Crippen LogP contribution is -2.41. The summed E-state index contributed by atoms with van der Waals surface area (Å²) < 4.78 is 6.07. The predicted molar refractivity (Wildman–Crippen MR) is 103 cm³/mol. The molecule has 3 rings (SSSR count). The van der Waals surface area contributed by atoms with Crippen LogP contribution in [0.25, 0.3) is 0 Å². The minimum atomic E-state index is -0.279. The molecule has 4 heteroatoms. The predicted octanol–water partition coefficient (Wildman–Crippen LogP) is 4.90. The van der Waals surface area contributed by atoms with Crippen LogP contribution in [-0.4, -0.2) is 17.3 Å². The maximum absolute atomic E-state index is 12.4. The highest BCUT2D eigenvalue weighted by molar-refractivity contribution is 7.99. The van der Waals surface area contributed by atoms with Gasteiger partial charge in [0.25, 0.3) is 0 Å². The quantitative estimate of drug-likeness (QED) is 0.776. The minimum Gasteiger partial charge on any atom is -0.487 e. The fraction of sp³-hybridized carbons (Fsp3) is 0.381. The number of nitrogens with one attached hydrogen (secondary N) is 1. The third-order valence-electron chi connectivity index (χ3n) is 4.30. The zero-order valence-corrected chi connectivity index (χ0v) is 15.9. The van der Waals surface area contributed by atoms with E-state index in [0.29, 0.717) is 6.42 Å². The van der Waals surface area contributed by atoms with Crippen molar-refractivity contribution in [2.75, 3.05) is 5.75 Å². The van der Waals surface area contributed by atoms with E-state index in [1.807, 2.05) is 24.3 Å². The Morgan fingerprint density at radius 3 is 2.76 bits per heavy atom. The maximum Gasteiger partial charge on any atom is 0.221 e. The van der Waals surface area contributed by atoms with Crippen molar-refractivity contribution in [1.82, 2.24) is 5.32 Å². The second-order valence-corrected chi connectivity index (χ2v) is 8.31. The Balaban J connectivity index is 1.61. The smallest absolute Gasteiger partial charge is 0.221 e. The molecule has 132 valence electrons. The second-order valence-electron chi connectivity index (χ2n) is 7.14. The average molecular weight is 356 g/mol. The van der Waals surface area contributed by atoms with Crippen LogP contribution in [0.5, 0.6) is 5.75 Å². The van der Waals surface area contributed by atoms with Crippen molar-refractivity contribution in [3.8, 4) is 5.75 Å². The molecule has 3 nitrogen and oxygen atoms in total. The SMILES string of the molecule is Cc1ccc2c(c1)[C@H](NC(=O)CCSc1ccccc1)CC(C)(C)O2. The van der Waals surface area contributed by atoms with Gasteiger partial charge in [0.2, 0.25) is 5.91 Å². The summed E-state index contributed by atoms with van der Waals surface area (Å²) >= 11 is 1.71. The molecule has 0 fully saturated rings. The third kappa shape index (κ3) is 4.79. The first-order valence-corrected chi connectivity index (χ1v) is 9.68. The molecule has 2 aromatic carbocycles. The van der Waals surface area contributed by atoms with Gasteiger partial charge in [-0.2, -0.15) is 0 Å². The summed E-state index contributed by atoms with van der Waals surface area (Å²) in [6, 6.07) is 16.4. The molecule has 25 heavy (non-hydrogen) atoms. The van der Waals surface area contributed by atoms with Crippen LogP contribution in [-0.2, 0) is 4.79 Å². The van der Waals surface area contributed by atoms with Gasteiger partial charge in [-0.15, -0.1) is 11.8 Å². The normalized spacial score (nSPS) is 18.1. The number of ether oxygens (including phenoxy) is 1. The number of aryl methyl sites for hydroxylation is 1. The molecule has 1 aliphatic heterocycles. The summed E-state index contributed by atoms with van der Waals surface area (Å²) in [5.74, 6) is 1.76. The van der Waals surface area contributed by atoms with Crippen LogP contribution in [0.4, 0.5) is 0 Å². The Morgan fingerprint density at radius 2 is 2.00 bits per heavy atom. The molecule has 0 aliphatic carbocycles. The number of fused-ring (bicyclic) bond motifs is 1. The molecule has 0 unspecified atom stereocenters. The monoisotopic (exact) mass is 355 g/mol. The molecule has 0 aromatic heterocycles. The Bertz CT molecular complexity index is 743. The van der Waals surface area contributed by atoms with E-state index in [1.165, 1.54) is 10.5 Å².